The largest absolute Gasteiger partial charge is 0.460 e. The van der Waals surface area contributed by atoms with Gasteiger partial charge in [-0.1, -0.05) is 0 Å². The van der Waals surface area contributed by atoms with E-state index in [1.165, 1.54) is 0 Å². The van der Waals surface area contributed by atoms with Crippen molar-refractivity contribution < 1.29 is 19.1 Å². The number of rotatable bonds is 4. The highest BCUT2D eigenvalue weighted by atomic mass is 16.5. The topological polar surface area (TPSA) is 52.6 Å². The highest BCUT2D eigenvalue weighted by Gasteiger charge is 2.23. The third-order valence-corrected chi connectivity index (χ3v) is 2.00. The molecule has 1 aliphatic heterocycles. The van der Waals surface area contributed by atoms with Crippen LogP contribution in [0.3, 0.4) is 0 Å². The average molecular weight is 186 g/mol. The molecule has 4 heteroatoms. The van der Waals surface area contributed by atoms with Crippen molar-refractivity contribution >= 4 is 11.8 Å². The molecule has 0 aromatic rings. The number of ether oxygens (including phenoxy) is 2. The van der Waals surface area contributed by atoms with Gasteiger partial charge >= 0.3 is 5.97 Å². The zero-order valence-electron chi connectivity index (χ0n) is 7.75. The third-order valence-electron chi connectivity index (χ3n) is 2.00. The summed E-state index contributed by atoms with van der Waals surface area (Å²) in [5.74, 6) is -0.941. The molecule has 0 saturated carbocycles. The van der Waals surface area contributed by atoms with E-state index in [2.05, 4.69) is 4.74 Å². The van der Waals surface area contributed by atoms with Crippen LogP contribution in [0.25, 0.3) is 0 Å². The van der Waals surface area contributed by atoms with E-state index < -0.39 is 11.8 Å². The first kappa shape index (κ1) is 10.2. The lowest BCUT2D eigenvalue weighted by Gasteiger charge is -2.04. The van der Waals surface area contributed by atoms with Crippen LogP contribution in [0.1, 0.15) is 19.8 Å². The molecule has 13 heavy (non-hydrogen) atoms. The van der Waals surface area contributed by atoms with Crippen LogP contribution in [0.4, 0.5) is 0 Å². The molecule has 0 N–H and O–H groups in total. The predicted octanol–water partition coefficient (Wildman–Crippen LogP) is 0.545. The first-order valence-corrected chi connectivity index (χ1v) is 4.51. The molecule has 4 nitrogen and oxygen atoms in total. The standard InChI is InChI=1S/C9H14O4/c1-2-13-9(11)8(10)5-7-3-4-12-6-7/h7H,2-6H2,1H3. The minimum Gasteiger partial charge on any atom is -0.460 e. The van der Waals surface area contributed by atoms with Crippen LogP contribution >= 0.6 is 0 Å². The molecule has 0 aromatic carbocycles. The molecular formula is C9H14O4. The first-order valence-electron chi connectivity index (χ1n) is 4.51. The lowest BCUT2D eigenvalue weighted by atomic mass is 10.0. The molecule has 0 radical (unpaired) electrons. The van der Waals surface area contributed by atoms with E-state index in [9.17, 15) is 9.59 Å². The number of hydrogen-bond donors (Lipinski definition) is 0. The maximum Gasteiger partial charge on any atom is 0.374 e. The Morgan fingerprint density at radius 2 is 2.31 bits per heavy atom. The van der Waals surface area contributed by atoms with Gasteiger partial charge in [0.25, 0.3) is 0 Å². The van der Waals surface area contributed by atoms with Crippen LogP contribution in [-0.2, 0) is 19.1 Å². The minimum atomic E-state index is -0.714. The van der Waals surface area contributed by atoms with Crippen molar-refractivity contribution in [2.45, 2.75) is 19.8 Å². The molecule has 0 aliphatic carbocycles. The quantitative estimate of drug-likeness (QED) is 0.475. The van der Waals surface area contributed by atoms with Gasteiger partial charge in [0.15, 0.2) is 0 Å². The highest BCUT2D eigenvalue weighted by molar-refractivity contribution is 6.33. The Bertz CT molecular complexity index is 194. The fourth-order valence-corrected chi connectivity index (χ4v) is 1.30. The molecule has 1 unspecified atom stereocenters. The van der Waals surface area contributed by atoms with Gasteiger partial charge in [0.1, 0.15) is 0 Å². The second kappa shape index (κ2) is 4.97. The van der Waals surface area contributed by atoms with Crippen molar-refractivity contribution in [2.24, 2.45) is 5.92 Å². The van der Waals surface area contributed by atoms with E-state index in [1.54, 1.807) is 6.92 Å². The van der Waals surface area contributed by atoms with Crippen molar-refractivity contribution in [3.8, 4) is 0 Å². The van der Waals surface area contributed by atoms with Gasteiger partial charge in [-0.2, -0.15) is 0 Å². The molecule has 0 bridgehead atoms. The van der Waals surface area contributed by atoms with Gasteiger partial charge in [-0.25, -0.2) is 4.79 Å². The lowest BCUT2D eigenvalue weighted by Crippen LogP contribution is -2.20. The molecule has 1 saturated heterocycles. The fourth-order valence-electron chi connectivity index (χ4n) is 1.30. The molecule has 0 aromatic heterocycles. The van der Waals surface area contributed by atoms with E-state index >= 15 is 0 Å². The van der Waals surface area contributed by atoms with E-state index in [1.807, 2.05) is 0 Å². The van der Waals surface area contributed by atoms with E-state index in [0.717, 1.165) is 6.42 Å². The minimum absolute atomic E-state index is 0.205. The van der Waals surface area contributed by atoms with Crippen molar-refractivity contribution in [1.29, 1.82) is 0 Å². The van der Waals surface area contributed by atoms with Crippen molar-refractivity contribution in [2.75, 3.05) is 19.8 Å². The average Bonchev–Trinajstić information content (AvgIpc) is 2.57. The second-order valence-electron chi connectivity index (χ2n) is 3.08. The molecular weight excluding hydrogens is 172 g/mol. The Morgan fingerprint density at radius 1 is 1.54 bits per heavy atom. The van der Waals surface area contributed by atoms with Gasteiger partial charge in [-0.15, -0.1) is 0 Å². The Balaban J connectivity index is 2.27. The van der Waals surface area contributed by atoms with Crippen molar-refractivity contribution in [1.82, 2.24) is 0 Å². The molecule has 0 spiro atoms. The summed E-state index contributed by atoms with van der Waals surface area (Å²) in [6.45, 7) is 3.22. The van der Waals surface area contributed by atoms with Crippen molar-refractivity contribution in [3.63, 3.8) is 0 Å². The summed E-state index contributed by atoms with van der Waals surface area (Å²) in [6.07, 6.45) is 1.13. The van der Waals surface area contributed by atoms with Crippen molar-refractivity contribution in [3.05, 3.63) is 0 Å². The van der Waals surface area contributed by atoms with Crippen LogP contribution in [0.5, 0.6) is 0 Å². The van der Waals surface area contributed by atoms with Crippen LogP contribution in [-0.4, -0.2) is 31.6 Å². The monoisotopic (exact) mass is 186 g/mol. The summed E-state index contributed by atoms with van der Waals surface area (Å²) >= 11 is 0. The van der Waals surface area contributed by atoms with E-state index in [4.69, 9.17) is 4.74 Å². The second-order valence-corrected chi connectivity index (χ2v) is 3.08. The first-order chi connectivity index (χ1) is 6.24. The molecule has 0 amide bonds. The number of Topliss-reactive ketones (excluding diaryl/α,β-unsaturated/α-hetero) is 1. The molecule has 1 rings (SSSR count). The highest BCUT2D eigenvalue weighted by Crippen LogP contribution is 2.16. The Labute approximate surface area is 77.2 Å². The molecule has 74 valence electrons. The maximum absolute atomic E-state index is 11.2. The maximum atomic E-state index is 11.2. The molecule has 1 aliphatic rings. The zero-order chi connectivity index (χ0) is 9.68. The van der Waals surface area contributed by atoms with Gasteiger partial charge < -0.3 is 9.47 Å². The van der Waals surface area contributed by atoms with Crippen LogP contribution in [0, 0.1) is 5.92 Å². The molecule has 1 fully saturated rings. The normalized spacial score (nSPS) is 21.5. The Kier molecular flexibility index (Phi) is 3.89. The zero-order valence-corrected chi connectivity index (χ0v) is 7.75. The third kappa shape index (κ3) is 3.14. The summed E-state index contributed by atoms with van der Waals surface area (Å²) in [7, 11) is 0. The van der Waals surface area contributed by atoms with Gasteiger partial charge in [0.05, 0.1) is 6.61 Å². The summed E-state index contributed by atoms with van der Waals surface area (Å²) in [4.78, 5) is 22.1. The SMILES string of the molecule is CCOC(=O)C(=O)CC1CCOC1. The van der Waals surface area contributed by atoms with Crippen LogP contribution in [0.15, 0.2) is 0 Å². The van der Waals surface area contributed by atoms with Gasteiger partial charge in [0.2, 0.25) is 5.78 Å². The number of carbonyl (C=O) groups is 2. The summed E-state index contributed by atoms with van der Waals surface area (Å²) in [5, 5.41) is 0. The van der Waals surface area contributed by atoms with Gasteiger partial charge in [0, 0.05) is 19.6 Å². The summed E-state index contributed by atoms with van der Waals surface area (Å²) in [6, 6.07) is 0. The van der Waals surface area contributed by atoms with E-state index in [-0.39, 0.29) is 18.9 Å². The lowest BCUT2D eigenvalue weighted by molar-refractivity contribution is -0.153. The Hall–Kier alpha value is -0.900. The number of hydrogen-bond acceptors (Lipinski definition) is 4. The molecule has 1 atom stereocenters. The van der Waals surface area contributed by atoms with E-state index in [0.29, 0.717) is 13.2 Å². The number of carbonyl (C=O) groups excluding carboxylic acids is 2. The number of esters is 1. The van der Waals surface area contributed by atoms with Gasteiger partial charge in [-0.3, -0.25) is 4.79 Å². The summed E-state index contributed by atoms with van der Waals surface area (Å²) < 4.78 is 9.68. The predicted molar refractivity (Wildman–Crippen MR) is 45.2 cm³/mol. The van der Waals surface area contributed by atoms with Crippen LogP contribution < -0.4 is 0 Å². The summed E-state index contributed by atoms with van der Waals surface area (Å²) in [5.41, 5.74) is 0. The fraction of sp³-hybridized carbons (Fsp3) is 0.778. The smallest absolute Gasteiger partial charge is 0.374 e. The Morgan fingerprint density at radius 3 is 2.85 bits per heavy atom. The van der Waals surface area contributed by atoms with Gasteiger partial charge in [-0.05, 0) is 19.3 Å². The number of ketones is 1. The molecule has 1 heterocycles. The van der Waals surface area contributed by atoms with Crippen LogP contribution in [0.2, 0.25) is 0 Å².